The van der Waals surface area contributed by atoms with Gasteiger partial charge in [0, 0.05) is 0 Å². The quantitative estimate of drug-likeness (QED) is 0.705. The zero-order chi connectivity index (χ0) is 17.2. The van der Waals surface area contributed by atoms with Gasteiger partial charge in [-0.15, -0.1) is 0 Å². The van der Waals surface area contributed by atoms with Crippen LogP contribution < -0.4 is 0 Å². The molecule has 4 nitrogen and oxygen atoms in total. The highest BCUT2D eigenvalue weighted by molar-refractivity contribution is 6.02. The zero-order valence-corrected chi connectivity index (χ0v) is 15.1. The van der Waals surface area contributed by atoms with Crippen molar-refractivity contribution in [2.45, 2.75) is 95.7 Å². The lowest BCUT2D eigenvalue weighted by atomic mass is 9.91. The fraction of sp³-hybridized carbons (Fsp3) is 0.810. The summed E-state index contributed by atoms with van der Waals surface area (Å²) >= 11 is 0. The van der Waals surface area contributed by atoms with Crippen molar-refractivity contribution in [3.8, 4) is 0 Å². The van der Waals surface area contributed by atoms with E-state index in [1.807, 2.05) is 0 Å². The van der Waals surface area contributed by atoms with Gasteiger partial charge in [-0.2, -0.15) is 0 Å². The fourth-order valence-corrected chi connectivity index (χ4v) is 5.29. The minimum atomic E-state index is -0.227. The van der Waals surface area contributed by atoms with Crippen molar-refractivity contribution >= 4 is 11.9 Å². The number of ether oxygens (including phenoxy) is 2. The van der Waals surface area contributed by atoms with E-state index in [9.17, 15) is 9.59 Å². The maximum atomic E-state index is 12.8. The van der Waals surface area contributed by atoms with E-state index < -0.39 is 0 Å². The van der Waals surface area contributed by atoms with Crippen molar-refractivity contribution < 1.29 is 19.1 Å². The molecule has 4 rings (SSSR count). The van der Waals surface area contributed by atoms with Crippen LogP contribution in [-0.4, -0.2) is 24.1 Å². The van der Waals surface area contributed by atoms with Crippen LogP contribution in [0.5, 0.6) is 0 Å². The van der Waals surface area contributed by atoms with Crippen molar-refractivity contribution in [3.63, 3.8) is 0 Å². The summed E-state index contributed by atoms with van der Waals surface area (Å²) in [4.78, 5) is 25.6. The second kappa shape index (κ2) is 7.51. The van der Waals surface area contributed by atoms with Gasteiger partial charge in [-0.25, -0.2) is 9.59 Å². The van der Waals surface area contributed by atoms with Crippen molar-refractivity contribution in [1.82, 2.24) is 0 Å². The van der Waals surface area contributed by atoms with Gasteiger partial charge < -0.3 is 9.47 Å². The molecule has 4 heteroatoms. The van der Waals surface area contributed by atoms with Crippen molar-refractivity contribution in [3.05, 3.63) is 11.1 Å². The number of carbonyl (C=O) groups is 2. The standard InChI is InChI=1S/C21H30O4/c22-20(24-16-7-3-1-4-8-16)18-14-11-12-15(13-14)19(18)21(23)25-17-9-5-2-6-10-17/h14-17H,1-13H2. The van der Waals surface area contributed by atoms with Crippen molar-refractivity contribution in [1.29, 1.82) is 0 Å². The van der Waals surface area contributed by atoms with Gasteiger partial charge in [0.25, 0.3) is 0 Å². The molecule has 25 heavy (non-hydrogen) atoms. The molecule has 138 valence electrons. The Labute approximate surface area is 150 Å². The lowest BCUT2D eigenvalue weighted by molar-refractivity contribution is -0.149. The Morgan fingerprint density at radius 1 is 0.600 bits per heavy atom. The average Bonchev–Trinajstić information content (AvgIpc) is 3.24. The summed E-state index contributed by atoms with van der Waals surface area (Å²) in [5.41, 5.74) is 1.34. The molecule has 0 heterocycles. The van der Waals surface area contributed by atoms with Crippen LogP contribution in [0, 0.1) is 11.8 Å². The fourth-order valence-electron chi connectivity index (χ4n) is 5.29. The van der Waals surface area contributed by atoms with Crippen molar-refractivity contribution in [2.75, 3.05) is 0 Å². The first-order valence-corrected chi connectivity index (χ1v) is 10.4. The summed E-state index contributed by atoms with van der Waals surface area (Å²) in [6.45, 7) is 0. The Morgan fingerprint density at radius 3 is 1.40 bits per heavy atom. The van der Waals surface area contributed by atoms with E-state index in [0.29, 0.717) is 11.1 Å². The Morgan fingerprint density at radius 2 is 1.00 bits per heavy atom. The molecular formula is C21H30O4. The van der Waals surface area contributed by atoms with Gasteiger partial charge in [0.15, 0.2) is 0 Å². The smallest absolute Gasteiger partial charge is 0.335 e. The van der Waals surface area contributed by atoms with E-state index in [4.69, 9.17) is 9.47 Å². The van der Waals surface area contributed by atoms with E-state index in [2.05, 4.69) is 0 Å². The number of rotatable bonds is 4. The predicted octanol–water partition coefficient (Wildman–Crippen LogP) is 4.46. The molecule has 3 saturated carbocycles. The third kappa shape index (κ3) is 3.63. The molecule has 3 fully saturated rings. The Bertz CT molecular complexity index is 504. The van der Waals surface area contributed by atoms with Gasteiger partial charge in [-0.05, 0) is 82.5 Å². The molecule has 0 spiro atoms. The monoisotopic (exact) mass is 346 g/mol. The SMILES string of the molecule is O=C(OC1CCCCC1)C1=C(C(=O)OC2CCCCC2)C2CCC1C2. The molecule has 0 aromatic rings. The molecule has 0 aromatic heterocycles. The number of hydrogen-bond donors (Lipinski definition) is 0. The normalized spacial score (nSPS) is 30.6. The highest BCUT2D eigenvalue weighted by Gasteiger charge is 2.46. The molecule has 0 saturated heterocycles. The highest BCUT2D eigenvalue weighted by atomic mass is 16.5. The molecule has 2 bridgehead atoms. The van der Waals surface area contributed by atoms with Crippen LogP contribution in [0.3, 0.4) is 0 Å². The van der Waals surface area contributed by atoms with Crippen LogP contribution in [0.15, 0.2) is 11.1 Å². The van der Waals surface area contributed by atoms with Gasteiger partial charge in [-0.3, -0.25) is 0 Å². The van der Waals surface area contributed by atoms with E-state index in [1.54, 1.807) is 0 Å². The maximum Gasteiger partial charge on any atom is 0.335 e. The van der Waals surface area contributed by atoms with Crippen LogP contribution in [0.25, 0.3) is 0 Å². The second-order valence-corrected chi connectivity index (χ2v) is 8.36. The second-order valence-electron chi connectivity index (χ2n) is 8.36. The van der Waals surface area contributed by atoms with Gasteiger partial charge in [0.05, 0.1) is 11.1 Å². The molecule has 2 atom stereocenters. The number of carbonyl (C=O) groups excluding carboxylic acids is 2. The summed E-state index contributed by atoms with van der Waals surface area (Å²) in [6.07, 6.45) is 13.9. The third-order valence-corrected chi connectivity index (χ3v) is 6.63. The van der Waals surface area contributed by atoms with Crippen molar-refractivity contribution in [2.24, 2.45) is 11.8 Å². The van der Waals surface area contributed by atoms with Gasteiger partial charge in [-0.1, -0.05) is 12.8 Å². The van der Waals surface area contributed by atoms with Crippen LogP contribution >= 0.6 is 0 Å². The number of esters is 2. The molecule has 0 radical (unpaired) electrons. The van der Waals surface area contributed by atoms with E-state index in [1.165, 1.54) is 12.8 Å². The van der Waals surface area contributed by atoms with Gasteiger partial charge in [0.2, 0.25) is 0 Å². The molecule has 0 amide bonds. The molecule has 0 N–H and O–H groups in total. The molecule has 0 aromatic carbocycles. The van der Waals surface area contributed by atoms with Crippen LogP contribution in [-0.2, 0) is 19.1 Å². The van der Waals surface area contributed by atoms with E-state index in [0.717, 1.165) is 70.6 Å². The largest absolute Gasteiger partial charge is 0.459 e. The molecule has 0 aliphatic heterocycles. The minimum absolute atomic E-state index is 0.0449. The first-order chi connectivity index (χ1) is 12.2. The predicted molar refractivity (Wildman–Crippen MR) is 93.8 cm³/mol. The van der Waals surface area contributed by atoms with Crippen LogP contribution in [0.2, 0.25) is 0 Å². The first kappa shape index (κ1) is 17.1. The summed E-state index contributed by atoms with van der Waals surface area (Å²) in [6, 6.07) is 0. The molecule has 4 aliphatic carbocycles. The molecule has 2 unspecified atom stereocenters. The topological polar surface area (TPSA) is 52.6 Å². The third-order valence-electron chi connectivity index (χ3n) is 6.63. The summed E-state index contributed by atoms with van der Waals surface area (Å²) in [5, 5.41) is 0. The Kier molecular flexibility index (Phi) is 5.14. The molecule has 4 aliphatic rings. The van der Waals surface area contributed by atoms with E-state index >= 15 is 0 Å². The maximum absolute atomic E-state index is 12.8. The van der Waals surface area contributed by atoms with E-state index in [-0.39, 0.29) is 36.0 Å². The number of fused-ring (bicyclic) bond motifs is 2. The lowest BCUT2D eigenvalue weighted by Gasteiger charge is -2.26. The Balaban J connectivity index is 1.47. The van der Waals surface area contributed by atoms with Crippen LogP contribution in [0.1, 0.15) is 83.5 Å². The van der Waals surface area contributed by atoms with Gasteiger partial charge in [0.1, 0.15) is 12.2 Å². The highest BCUT2D eigenvalue weighted by Crippen LogP contribution is 2.49. The zero-order valence-electron chi connectivity index (χ0n) is 15.1. The lowest BCUT2D eigenvalue weighted by Crippen LogP contribution is -2.28. The summed E-state index contributed by atoms with van der Waals surface area (Å²) in [5.74, 6) is -0.0191. The number of hydrogen-bond acceptors (Lipinski definition) is 4. The molecular weight excluding hydrogens is 316 g/mol. The van der Waals surface area contributed by atoms with Gasteiger partial charge >= 0.3 is 11.9 Å². The minimum Gasteiger partial charge on any atom is -0.459 e. The Hall–Kier alpha value is -1.32. The van der Waals surface area contributed by atoms with Crippen LogP contribution in [0.4, 0.5) is 0 Å². The summed E-state index contributed by atoms with van der Waals surface area (Å²) < 4.78 is 11.6. The average molecular weight is 346 g/mol. The summed E-state index contributed by atoms with van der Waals surface area (Å²) in [7, 11) is 0. The first-order valence-electron chi connectivity index (χ1n) is 10.4.